The van der Waals surface area contributed by atoms with E-state index in [1.807, 2.05) is 6.07 Å². The van der Waals surface area contributed by atoms with Gasteiger partial charge in [-0.1, -0.05) is 46.6 Å². The monoisotopic (exact) mass is 425 g/mol. The van der Waals surface area contributed by atoms with Gasteiger partial charge in [0.15, 0.2) is 0 Å². The molecule has 2 aromatic rings. The van der Waals surface area contributed by atoms with Crippen LogP contribution >= 0.6 is 46.6 Å². The molecular weight excluding hydrogens is 413 g/mol. The second-order valence-corrected chi connectivity index (χ2v) is 8.06. The molecule has 3 rings (SSSR count). The van der Waals surface area contributed by atoms with Crippen LogP contribution < -0.4 is 5.32 Å². The van der Waals surface area contributed by atoms with E-state index < -0.39 is 0 Å². The van der Waals surface area contributed by atoms with E-state index in [4.69, 9.17) is 34.8 Å². The predicted molar refractivity (Wildman–Crippen MR) is 106 cm³/mol. The lowest BCUT2D eigenvalue weighted by molar-refractivity contribution is -0.113. The SMILES string of the molecule is N#Cc1cc2c(nc1SCC(=O)Nc1c(Cl)cc(Cl)cc1Cl)CCCC2. The van der Waals surface area contributed by atoms with Gasteiger partial charge in [0.05, 0.1) is 27.0 Å². The van der Waals surface area contributed by atoms with E-state index in [0.29, 0.717) is 21.3 Å². The van der Waals surface area contributed by atoms with Crippen molar-refractivity contribution in [1.29, 1.82) is 5.26 Å². The van der Waals surface area contributed by atoms with E-state index in [1.165, 1.54) is 23.9 Å². The highest BCUT2D eigenvalue weighted by Crippen LogP contribution is 2.34. The maximum absolute atomic E-state index is 12.3. The van der Waals surface area contributed by atoms with Gasteiger partial charge in [-0.05, 0) is 49.4 Å². The lowest BCUT2D eigenvalue weighted by Crippen LogP contribution is -2.15. The van der Waals surface area contributed by atoms with Gasteiger partial charge in [-0.15, -0.1) is 0 Å². The summed E-state index contributed by atoms with van der Waals surface area (Å²) in [5.74, 6) is -0.194. The van der Waals surface area contributed by atoms with Crippen molar-refractivity contribution in [1.82, 2.24) is 4.98 Å². The van der Waals surface area contributed by atoms with Crippen LogP contribution in [0.2, 0.25) is 15.1 Å². The number of pyridine rings is 1. The van der Waals surface area contributed by atoms with Crippen LogP contribution in [0.25, 0.3) is 0 Å². The molecule has 0 aliphatic heterocycles. The number of nitriles is 1. The molecule has 1 aliphatic rings. The third-order valence-electron chi connectivity index (χ3n) is 4.00. The van der Waals surface area contributed by atoms with E-state index in [9.17, 15) is 10.1 Å². The lowest BCUT2D eigenvalue weighted by Gasteiger charge is -2.16. The van der Waals surface area contributed by atoms with E-state index in [-0.39, 0.29) is 21.7 Å². The fourth-order valence-electron chi connectivity index (χ4n) is 2.78. The van der Waals surface area contributed by atoms with Crippen LogP contribution in [0.3, 0.4) is 0 Å². The van der Waals surface area contributed by atoms with Crippen molar-refractivity contribution in [3.05, 3.63) is 50.1 Å². The first kappa shape index (κ1) is 19.3. The first-order valence-electron chi connectivity index (χ1n) is 7.98. The summed E-state index contributed by atoms with van der Waals surface area (Å²) in [6, 6.07) is 7.09. The summed E-state index contributed by atoms with van der Waals surface area (Å²) in [5, 5.41) is 13.6. The third-order valence-corrected chi connectivity index (χ3v) is 5.80. The number of carbonyl (C=O) groups excluding carboxylic acids is 1. The molecule has 0 unspecified atom stereocenters. The number of amides is 1. The molecule has 1 N–H and O–H groups in total. The van der Waals surface area contributed by atoms with E-state index in [1.54, 1.807) is 0 Å². The van der Waals surface area contributed by atoms with Gasteiger partial charge in [-0.3, -0.25) is 4.79 Å². The molecule has 0 spiro atoms. The molecule has 0 saturated heterocycles. The molecule has 134 valence electrons. The van der Waals surface area contributed by atoms with Crippen LogP contribution in [-0.2, 0) is 17.6 Å². The van der Waals surface area contributed by atoms with Crippen molar-refractivity contribution >= 4 is 58.2 Å². The minimum absolute atomic E-state index is 0.0930. The largest absolute Gasteiger partial charge is 0.323 e. The first-order chi connectivity index (χ1) is 12.5. The Bertz CT molecular complexity index is 888. The van der Waals surface area contributed by atoms with Crippen LogP contribution in [0.1, 0.15) is 29.7 Å². The molecule has 0 radical (unpaired) electrons. The number of halogens is 3. The smallest absolute Gasteiger partial charge is 0.234 e. The number of fused-ring (bicyclic) bond motifs is 1. The standard InChI is InChI=1S/C18H14Cl3N3OS/c19-12-6-13(20)17(14(21)7-12)24-16(25)9-26-18-11(8-22)5-10-3-1-2-4-15(10)23-18/h5-7H,1-4,9H2,(H,24,25). The van der Waals surface area contributed by atoms with E-state index >= 15 is 0 Å². The zero-order valence-corrected chi connectivity index (χ0v) is 16.7. The maximum Gasteiger partial charge on any atom is 0.234 e. The van der Waals surface area contributed by atoms with Crippen molar-refractivity contribution in [3.8, 4) is 6.07 Å². The van der Waals surface area contributed by atoms with Gasteiger partial charge in [0.25, 0.3) is 0 Å². The summed E-state index contributed by atoms with van der Waals surface area (Å²) >= 11 is 19.3. The Morgan fingerprint density at radius 3 is 2.58 bits per heavy atom. The molecule has 0 saturated carbocycles. The topological polar surface area (TPSA) is 65.8 Å². The molecule has 1 heterocycles. The molecule has 1 aromatic carbocycles. The number of hydrogen-bond donors (Lipinski definition) is 1. The highest BCUT2D eigenvalue weighted by Gasteiger charge is 2.17. The first-order valence-corrected chi connectivity index (χ1v) is 10.1. The zero-order chi connectivity index (χ0) is 18.7. The maximum atomic E-state index is 12.3. The highest BCUT2D eigenvalue weighted by atomic mass is 35.5. The van der Waals surface area contributed by atoms with Crippen LogP contribution in [0.4, 0.5) is 5.69 Å². The summed E-state index contributed by atoms with van der Waals surface area (Å²) in [6.07, 6.45) is 4.09. The summed E-state index contributed by atoms with van der Waals surface area (Å²) in [4.78, 5) is 16.9. The second-order valence-electron chi connectivity index (χ2n) is 5.85. The van der Waals surface area contributed by atoms with Crippen molar-refractivity contribution in [2.45, 2.75) is 30.7 Å². The average molecular weight is 427 g/mol. The van der Waals surface area contributed by atoms with Gasteiger partial charge < -0.3 is 5.32 Å². The van der Waals surface area contributed by atoms with Crippen LogP contribution in [0, 0.1) is 11.3 Å². The lowest BCUT2D eigenvalue weighted by atomic mass is 9.95. The number of thioether (sulfide) groups is 1. The van der Waals surface area contributed by atoms with Gasteiger partial charge >= 0.3 is 0 Å². The van der Waals surface area contributed by atoms with Gasteiger partial charge in [-0.2, -0.15) is 5.26 Å². The van der Waals surface area contributed by atoms with Crippen molar-refractivity contribution < 1.29 is 4.79 Å². The molecule has 1 amide bonds. The average Bonchev–Trinajstić information content (AvgIpc) is 2.62. The Balaban J connectivity index is 1.71. The molecule has 0 fully saturated rings. The molecular formula is C18H14Cl3N3OS. The minimum Gasteiger partial charge on any atom is -0.323 e. The fraction of sp³-hybridized carbons (Fsp3) is 0.278. The number of nitrogens with zero attached hydrogens (tertiary/aromatic N) is 2. The Hall–Kier alpha value is -1.45. The minimum atomic E-state index is -0.287. The molecule has 1 aliphatic carbocycles. The third kappa shape index (κ3) is 4.44. The number of hydrogen-bond acceptors (Lipinski definition) is 4. The molecule has 1 aromatic heterocycles. The normalized spacial score (nSPS) is 13.0. The van der Waals surface area contributed by atoms with Crippen molar-refractivity contribution in [2.24, 2.45) is 0 Å². The van der Waals surface area contributed by atoms with Crippen molar-refractivity contribution in [2.75, 3.05) is 11.1 Å². The van der Waals surface area contributed by atoms with E-state index in [0.717, 1.165) is 36.9 Å². The Labute approximate surface area is 170 Å². The molecule has 0 bridgehead atoms. The quantitative estimate of drug-likeness (QED) is 0.653. The van der Waals surface area contributed by atoms with Crippen molar-refractivity contribution in [3.63, 3.8) is 0 Å². The van der Waals surface area contributed by atoms with E-state index in [2.05, 4.69) is 16.4 Å². The summed E-state index contributed by atoms with van der Waals surface area (Å²) in [6.45, 7) is 0. The van der Waals surface area contributed by atoms with Gasteiger partial charge in [0, 0.05) is 10.7 Å². The summed E-state index contributed by atoms with van der Waals surface area (Å²) < 4.78 is 0. The summed E-state index contributed by atoms with van der Waals surface area (Å²) in [7, 11) is 0. The van der Waals surface area contributed by atoms with Gasteiger partial charge in [0.2, 0.25) is 5.91 Å². The van der Waals surface area contributed by atoms with Crippen LogP contribution in [0.5, 0.6) is 0 Å². The number of nitrogens with one attached hydrogen (secondary N) is 1. The number of benzene rings is 1. The zero-order valence-electron chi connectivity index (χ0n) is 13.6. The molecule has 8 heteroatoms. The van der Waals surface area contributed by atoms with Crippen LogP contribution in [0.15, 0.2) is 23.2 Å². The Morgan fingerprint density at radius 2 is 1.88 bits per heavy atom. The number of carbonyl (C=O) groups is 1. The van der Waals surface area contributed by atoms with Gasteiger partial charge in [0.1, 0.15) is 11.1 Å². The number of rotatable bonds is 4. The number of aromatic nitrogens is 1. The Morgan fingerprint density at radius 1 is 1.19 bits per heavy atom. The molecule has 26 heavy (non-hydrogen) atoms. The Kier molecular flexibility index (Phi) is 6.31. The molecule has 4 nitrogen and oxygen atoms in total. The second kappa shape index (κ2) is 8.49. The molecule has 0 atom stereocenters. The van der Waals surface area contributed by atoms with Crippen LogP contribution in [-0.4, -0.2) is 16.6 Å². The predicted octanol–water partition coefficient (Wildman–Crippen LogP) is 5.52. The summed E-state index contributed by atoms with van der Waals surface area (Å²) in [5.41, 5.74) is 3.00. The number of anilines is 1. The number of aryl methyl sites for hydroxylation is 2. The highest BCUT2D eigenvalue weighted by molar-refractivity contribution is 8.00. The fourth-order valence-corrected chi connectivity index (χ4v) is 4.46. The van der Waals surface area contributed by atoms with Gasteiger partial charge in [-0.25, -0.2) is 4.98 Å².